The normalized spacial score (nSPS) is 13.3. The van der Waals surface area contributed by atoms with Gasteiger partial charge in [0.2, 0.25) is 5.91 Å². The molecule has 0 saturated carbocycles. The van der Waals surface area contributed by atoms with E-state index in [9.17, 15) is 9.59 Å². The van der Waals surface area contributed by atoms with E-state index in [1.807, 2.05) is 6.07 Å². The summed E-state index contributed by atoms with van der Waals surface area (Å²) in [5.41, 5.74) is 1.30. The molecule has 0 saturated heterocycles. The average molecular weight is 360 g/mol. The minimum atomic E-state index is -0.243. The van der Waals surface area contributed by atoms with E-state index in [2.05, 4.69) is 22.7 Å². The Morgan fingerprint density at radius 3 is 2.96 bits per heavy atom. The van der Waals surface area contributed by atoms with E-state index in [0.717, 1.165) is 32.2 Å². The zero-order chi connectivity index (χ0) is 17.6. The van der Waals surface area contributed by atoms with Gasteiger partial charge in [-0.3, -0.25) is 9.59 Å². The van der Waals surface area contributed by atoms with Gasteiger partial charge in [-0.05, 0) is 43.7 Å². The Hall–Kier alpha value is -2.15. The maximum Gasteiger partial charge on any atom is 0.261 e. The lowest BCUT2D eigenvalue weighted by Gasteiger charge is -2.09. The Morgan fingerprint density at radius 1 is 1.32 bits per heavy atom. The molecule has 2 heterocycles. The Balaban J connectivity index is 1.51. The number of fused-ring (bicyclic) bond motifs is 1. The van der Waals surface area contributed by atoms with Crippen LogP contribution in [-0.2, 0) is 24.2 Å². The molecule has 2 aromatic rings. The minimum Gasteiger partial charge on any atom is -0.342 e. The fraction of sp³-hybridized carbons (Fsp3) is 0.500. The van der Waals surface area contributed by atoms with Gasteiger partial charge >= 0.3 is 0 Å². The van der Waals surface area contributed by atoms with Crippen LogP contribution in [0.1, 0.15) is 52.7 Å². The van der Waals surface area contributed by atoms with E-state index >= 15 is 0 Å². The zero-order valence-electron chi connectivity index (χ0n) is 14.5. The van der Waals surface area contributed by atoms with Gasteiger partial charge in [0.05, 0.1) is 17.6 Å². The third-order valence-electron chi connectivity index (χ3n) is 4.34. The molecule has 6 nitrogen and oxygen atoms in total. The van der Waals surface area contributed by atoms with E-state index < -0.39 is 0 Å². The second-order valence-corrected chi connectivity index (χ2v) is 7.43. The number of nitrogens with one attached hydrogen (secondary N) is 2. The van der Waals surface area contributed by atoms with Crippen LogP contribution in [0.3, 0.4) is 0 Å². The predicted molar refractivity (Wildman–Crippen MR) is 99.1 cm³/mol. The number of amides is 2. The number of aryl methyl sites for hydroxylation is 3. The molecule has 0 fully saturated rings. The SMILES string of the molecule is CCCCn1nccc1NC(=O)CNC(=O)c1cc2c(s1)CCCC2. The monoisotopic (exact) mass is 360 g/mol. The van der Waals surface area contributed by atoms with E-state index in [-0.39, 0.29) is 18.4 Å². The lowest BCUT2D eigenvalue weighted by atomic mass is 9.99. The number of anilines is 1. The molecular weight excluding hydrogens is 336 g/mol. The standard InChI is InChI=1S/C18H24N4O2S/c1-2-3-10-22-16(8-9-20-22)21-17(23)12-19-18(24)15-11-13-6-4-5-7-14(13)25-15/h8-9,11H,2-7,10,12H2,1H3,(H,19,24)(H,21,23). The van der Waals surface area contributed by atoms with E-state index in [0.29, 0.717) is 10.7 Å². The first-order valence-corrected chi connectivity index (χ1v) is 9.70. The summed E-state index contributed by atoms with van der Waals surface area (Å²) in [6.07, 6.45) is 8.25. The van der Waals surface area contributed by atoms with E-state index in [1.54, 1.807) is 28.3 Å². The average Bonchev–Trinajstić information content (AvgIpc) is 3.24. The number of hydrogen-bond donors (Lipinski definition) is 2. The summed E-state index contributed by atoms with van der Waals surface area (Å²) in [4.78, 5) is 26.4. The Bertz CT molecular complexity index is 727. The van der Waals surface area contributed by atoms with Gasteiger partial charge in [0, 0.05) is 17.5 Å². The quantitative estimate of drug-likeness (QED) is 0.797. The van der Waals surface area contributed by atoms with Gasteiger partial charge in [-0.25, -0.2) is 4.68 Å². The Labute approximate surface area is 151 Å². The smallest absolute Gasteiger partial charge is 0.261 e. The molecule has 7 heteroatoms. The van der Waals surface area contributed by atoms with Gasteiger partial charge in [0.1, 0.15) is 5.82 Å². The summed E-state index contributed by atoms with van der Waals surface area (Å²) in [6.45, 7) is 2.84. The second kappa shape index (κ2) is 8.29. The molecule has 0 bridgehead atoms. The van der Waals surface area contributed by atoms with Gasteiger partial charge in [-0.2, -0.15) is 5.10 Å². The van der Waals surface area contributed by atoms with Gasteiger partial charge < -0.3 is 10.6 Å². The van der Waals surface area contributed by atoms with Crippen molar-refractivity contribution >= 4 is 29.0 Å². The van der Waals surface area contributed by atoms with Crippen LogP contribution in [0.4, 0.5) is 5.82 Å². The number of thiophene rings is 1. The molecule has 0 aliphatic heterocycles. The zero-order valence-corrected chi connectivity index (χ0v) is 15.3. The second-order valence-electron chi connectivity index (χ2n) is 6.29. The number of nitrogens with zero attached hydrogens (tertiary/aromatic N) is 2. The summed E-state index contributed by atoms with van der Waals surface area (Å²) in [6, 6.07) is 3.74. The molecule has 25 heavy (non-hydrogen) atoms. The molecule has 1 aliphatic rings. The highest BCUT2D eigenvalue weighted by Crippen LogP contribution is 2.29. The van der Waals surface area contributed by atoms with Crippen molar-refractivity contribution < 1.29 is 9.59 Å². The van der Waals surface area contributed by atoms with Gasteiger partial charge in [-0.15, -0.1) is 11.3 Å². The molecule has 134 valence electrons. The molecule has 1 aliphatic carbocycles. The van der Waals surface area contributed by atoms with Crippen LogP contribution in [0.2, 0.25) is 0 Å². The first-order chi connectivity index (χ1) is 12.2. The third-order valence-corrected chi connectivity index (χ3v) is 5.57. The molecule has 0 aromatic carbocycles. The van der Waals surface area contributed by atoms with Crippen molar-refractivity contribution in [3.63, 3.8) is 0 Å². The summed E-state index contributed by atoms with van der Waals surface area (Å²) < 4.78 is 1.77. The minimum absolute atomic E-state index is 0.0413. The molecule has 0 radical (unpaired) electrons. The van der Waals surface area contributed by atoms with Crippen LogP contribution in [-0.4, -0.2) is 28.1 Å². The maximum atomic E-state index is 12.3. The van der Waals surface area contributed by atoms with Crippen molar-refractivity contribution in [3.8, 4) is 0 Å². The third kappa shape index (κ3) is 4.48. The molecule has 2 aromatic heterocycles. The highest BCUT2D eigenvalue weighted by Gasteiger charge is 2.17. The Kier molecular flexibility index (Phi) is 5.86. The first-order valence-electron chi connectivity index (χ1n) is 8.89. The van der Waals surface area contributed by atoms with Crippen LogP contribution in [0.25, 0.3) is 0 Å². The van der Waals surface area contributed by atoms with Crippen molar-refractivity contribution in [1.82, 2.24) is 15.1 Å². The number of rotatable bonds is 7. The molecule has 2 amide bonds. The van der Waals surface area contributed by atoms with Crippen molar-refractivity contribution in [2.75, 3.05) is 11.9 Å². The summed E-state index contributed by atoms with van der Waals surface area (Å²) >= 11 is 1.55. The van der Waals surface area contributed by atoms with Crippen molar-refractivity contribution in [1.29, 1.82) is 0 Å². The number of carbonyl (C=O) groups excluding carboxylic acids is 2. The summed E-state index contributed by atoms with van der Waals surface area (Å²) in [7, 11) is 0. The number of hydrogen-bond acceptors (Lipinski definition) is 4. The first kappa shape index (κ1) is 17.7. The van der Waals surface area contributed by atoms with E-state index in [1.165, 1.54) is 23.3 Å². The fourth-order valence-electron chi connectivity index (χ4n) is 2.96. The highest BCUT2D eigenvalue weighted by atomic mass is 32.1. The fourth-order valence-corrected chi connectivity index (χ4v) is 4.13. The molecular formula is C18H24N4O2S. The topological polar surface area (TPSA) is 76.0 Å². The van der Waals surface area contributed by atoms with Crippen LogP contribution < -0.4 is 10.6 Å². The maximum absolute atomic E-state index is 12.3. The van der Waals surface area contributed by atoms with Gasteiger partial charge in [0.15, 0.2) is 0 Å². The number of aromatic nitrogens is 2. The van der Waals surface area contributed by atoms with Crippen LogP contribution in [0.5, 0.6) is 0 Å². The predicted octanol–water partition coefficient (Wildman–Crippen LogP) is 2.99. The summed E-state index contributed by atoms with van der Waals surface area (Å²) in [5, 5.41) is 9.72. The molecule has 3 rings (SSSR count). The van der Waals surface area contributed by atoms with E-state index in [4.69, 9.17) is 0 Å². The number of unbranched alkanes of at least 4 members (excludes halogenated alkanes) is 1. The summed E-state index contributed by atoms with van der Waals surface area (Å²) in [5.74, 6) is 0.251. The highest BCUT2D eigenvalue weighted by molar-refractivity contribution is 7.14. The van der Waals surface area contributed by atoms with Gasteiger partial charge in [-0.1, -0.05) is 13.3 Å². The lowest BCUT2D eigenvalue weighted by molar-refractivity contribution is -0.115. The van der Waals surface area contributed by atoms with Crippen molar-refractivity contribution in [2.24, 2.45) is 0 Å². The molecule has 0 spiro atoms. The largest absolute Gasteiger partial charge is 0.342 e. The Morgan fingerprint density at radius 2 is 2.16 bits per heavy atom. The van der Waals surface area contributed by atoms with Crippen LogP contribution in [0.15, 0.2) is 18.3 Å². The number of carbonyl (C=O) groups is 2. The van der Waals surface area contributed by atoms with Gasteiger partial charge in [0.25, 0.3) is 5.91 Å². The molecule has 0 atom stereocenters. The van der Waals surface area contributed by atoms with Crippen LogP contribution in [0, 0.1) is 0 Å². The molecule has 2 N–H and O–H groups in total. The lowest BCUT2D eigenvalue weighted by Crippen LogP contribution is -2.33. The van der Waals surface area contributed by atoms with Crippen molar-refractivity contribution in [2.45, 2.75) is 52.0 Å². The van der Waals surface area contributed by atoms with Crippen LogP contribution >= 0.6 is 11.3 Å². The molecule has 0 unspecified atom stereocenters. The van der Waals surface area contributed by atoms with Crippen molar-refractivity contribution in [3.05, 3.63) is 33.6 Å².